The number of amides is 1. The maximum atomic E-state index is 11.7. The standard InChI is InChI=1S/C16H19N3O3S/c1-3-17-14(20)8-12-9-15(21)19-16(18-12)23-10-11-5-4-6-13(7-11)22-2/h4-7,9H,3,8,10H2,1-2H3,(H,17,20)(H,18,19,21). The molecule has 0 atom stereocenters. The highest BCUT2D eigenvalue weighted by atomic mass is 32.2. The van der Waals surface area contributed by atoms with Gasteiger partial charge in [0.1, 0.15) is 5.75 Å². The van der Waals surface area contributed by atoms with Gasteiger partial charge in [-0.05, 0) is 24.6 Å². The highest BCUT2D eigenvalue weighted by Gasteiger charge is 2.07. The average molecular weight is 333 g/mol. The number of thioether (sulfide) groups is 1. The second kappa shape index (κ2) is 8.38. The number of methoxy groups -OCH3 is 1. The van der Waals surface area contributed by atoms with E-state index in [9.17, 15) is 9.59 Å². The van der Waals surface area contributed by atoms with E-state index >= 15 is 0 Å². The van der Waals surface area contributed by atoms with Crippen LogP contribution < -0.4 is 15.6 Å². The normalized spacial score (nSPS) is 10.3. The Morgan fingerprint density at radius 3 is 2.96 bits per heavy atom. The fraction of sp³-hybridized carbons (Fsp3) is 0.312. The van der Waals surface area contributed by atoms with Crippen molar-refractivity contribution in [2.24, 2.45) is 0 Å². The Morgan fingerprint density at radius 2 is 2.22 bits per heavy atom. The molecule has 1 amide bonds. The van der Waals surface area contributed by atoms with Crippen LogP contribution in [0.5, 0.6) is 5.75 Å². The minimum atomic E-state index is -0.257. The maximum absolute atomic E-state index is 11.7. The Labute approximate surface area is 138 Å². The summed E-state index contributed by atoms with van der Waals surface area (Å²) in [5.74, 6) is 1.29. The summed E-state index contributed by atoms with van der Waals surface area (Å²) in [5, 5.41) is 3.19. The van der Waals surface area contributed by atoms with Gasteiger partial charge in [0.05, 0.1) is 19.2 Å². The van der Waals surface area contributed by atoms with Gasteiger partial charge in [-0.25, -0.2) is 4.98 Å². The molecule has 6 nitrogen and oxygen atoms in total. The van der Waals surface area contributed by atoms with Crippen LogP contribution in [0.15, 0.2) is 40.3 Å². The van der Waals surface area contributed by atoms with Gasteiger partial charge in [-0.1, -0.05) is 23.9 Å². The molecule has 0 saturated heterocycles. The first-order valence-electron chi connectivity index (χ1n) is 7.23. The third-order valence-electron chi connectivity index (χ3n) is 3.00. The van der Waals surface area contributed by atoms with E-state index in [4.69, 9.17) is 4.74 Å². The van der Waals surface area contributed by atoms with Gasteiger partial charge in [0.2, 0.25) is 5.91 Å². The lowest BCUT2D eigenvalue weighted by Gasteiger charge is -2.06. The highest BCUT2D eigenvalue weighted by molar-refractivity contribution is 7.98. The summed E-state index contributed by atoms with van der Waals surface area (Å²) < 4.78 is 5.18. The average Bonchev–Trinajstić information content (AvgIpc) is 2.53. The summed E-state index contributed by atoms with van der Waals surface area (Å²) in [4.78, 5) is 30.3. The molecule has 0 bridgehead atoms. The van der Waals surface area contributed by atoms with E-state index < -0.39 is 0 Å². The molecular formula is C16H19N3O3S. The molecule has 1 aromatic heterocycles. The molecule has 122 valence electrons. The molecular weight excluding hydrogens is 314 g/mol. The van der Waals surface area contributed by atoms with Gasteiger partial charge < -0.3 is 15.0 Å². The van der Waals surface area contributed by atoms with Crippen molar-refractivity contribution in [3.63, 3.8) is 0 Å². The summed E-state index contributed by atoms with van der Waals surface area (Å²) in [7, 11) is 1.62. The number of aromatic nitrogens is 2. The first kappa shape index (κ1) is 17.1. The number of hydrogen-bond donors (Lipinski definition) is 2. The molecule has 2 N–H and O–H groups in total. The molecule has 7 heteroatoms. The van der Waals surface area contributed by atoms with E-state index in [-0.39, 0.29) is 17.9 Å². The largest absolute Gasteiger partial charge is 0.497 e. The number of nitrogens with one attached hydrogen (secondary N) is 2. The van der Waals surface area contributed by atoms with Crippen molar-refractivity contribution >= 4 is 17.7 Å². The smallest absolute Gasteiger partial charge is 0.251 e. The zero-order valence-electron chi connectivity index (χ0n) is 13.1. The van der Waals surface area contributed by atoms with Crippen molar-refractivity contribution in [3.05, 3.63) is 51.9 Å². The molecule has 0 aliphatic heterocycles. The molecule has 0 aliphatic rings. The summed E-state index contributed by atoms with van der Waals surface area (Å²) in [5.41, 5.74) is 1.27. The Bertz CT molecular complexity index is 731. The van der Waals surface area contributed by atoms with Crippen molar-refractivity contribution in [1.82, 2.24) is 15.3 Å². The number of benzene rings is 1. The number of likely N-dealkylation sites (N-methyl/N-ethyl adjacent to an activating group) is 1. The Morgan fingerprint density at radius 1 is 1.39 bits per heavy atom. The number of H-pyrrole nitrogens is 1. The van der Waals surface area contributed by atoms with Crippen LogP contribution in [0.4, 0.5) is 0 Å². The maximum Gasteiger partial charge on any atom is 0.251 e. The first-order chi connectivity index (χ1) is 11.1. The minimum absolute atomic E-state index is 0.102. The third kappa shape index (κ3) is 5.45. The Kier molecular flexibility index (Phi) is 6.22. The summed E-state index contributed by atoms with van der Waals surface area (Å²) >= 11 is 1.41. The number of nitrogens with zero attached hydrogens (tertiary/aromatic N) is 1. The molecule has 1 aromatic carbocycles. The number of rotatable bonds is 7. The predicted molar refractivity (Wildman–Crippen MR) is 89.8 cm³/mol. The molecule has 23 heavy (non-hydrogen) atoms. The lowest BCUT2D eigenvalue weighted by Crippen LogP contribution is -2.25. The molecule has 0 spiro atoms. The third-order valence-corrected chi connectivity index (χ3v) is 3.94. The topological polar surface area (TPSA) is 84.1 Å². The number of ether oxygens (including phenoxy) is 1. The SMILES string of the molecule is CCNC(=O)Cc1cc(=O)[nH]c(SCc2cccc(OC)c2)n1. The second-order valence-corrected chi connectivity index (χ2v) is 5.78. The van der Waals surface area contributed by atoms with Crippen LogP contribution in [0.1, 0.15) is 18.2 Å². The quantitative estimate of drug-likeness (QED) is 0.596. The number of aromatic amines is 1. The number of carbonyl (C=O) groups is 1. The van der Waals surface area contributed by atoms with E-state index in [1.807, 2.05) is 31.2 Å². The molecule has 1 heterocycles. The molecule has 2 aromatic rings. The van der Waals surface area contributed by atoms with Crippen LogP contribution in [-0.4, -0.2) is 29.5 Å². The molecule has 0 aliphatic carbocycles. The van der Waals surface area contributed by atoms with Gasteiger partial charge in [0.25, 0.3) is 5.56 Å². The summed E-state index contributed by atoms with van der Waals surface area (Å²) in [6, 6.07) is 9.05. The van der Waals surface area contributed by atoms with Crippen molar-refractivity contribution < 1.29 is 9.53 Å². The zero-order chi connectivity index (χ0) is 16.7. The summed E-state index contributed by atoms with van der Waals surface area (Å²) in [6.07, 6.45) is 0.102. The minimum Gasteiger partial charge on any atom is -0.497 e. The Balaban J connectivity index is 2.06. The van der Waals surface area contributed by atoms with E-state index in [0.717, 1.165) is 11.3 Å². The summed E-state index contributed by atoms with van der Waals surface area (Å²) in [6.45, 7) is 2.40. The van der Waals surface area contributed by atoms with Gasteiger partial charge >= 0.3 is 0 Å². The van der Waals surface area contributed by atoms with Crippen LogP contribution in [0, 0.1) is 0 Å². The van der Waals surface area contributed by atoms with Crippen LogP contribution in [0.25, 0.3) is 0 Å². The van der Waals surface area contributed by atoms with Crippen LogP contribution >= 0.6 is 11.8 Å². The fourth-order valence-electron chi connectivity index (χ4n) is 1.98. The van der Waals surface area contributed by atoms with Crippen molar-refractivity contribution in [3.8, 4) is 5.75 Å². The second-order valence-electron chi connectivity index (χ2n) is 4.81. The van der Waals surface area contributed by atoms with Gasteiger partial charge in [-0.15, -0.1) is 0 Å². The van der Waals surface area contributed by atoms with Gasteiger partial charge in [-0.3, -0.25) is 9.59 Å². The molecule has 0 radical (unpaired) electrons. The van der Waals surface area contributed by atoms with Crippen LogP contribution in [0.2, 0.25) is 0 Å². The molecule has 0 saturated carbocycles. The van der Waals surface area contributed by atoms with Gasteiger partial charge in [0, 0.05) is 18.4 Å². The monoisotopic (exact) mass is 333 g/mol. The van der Waals surface area contributed by atoms with Gasteiger partial charge in [0.15, 0.2) is 5.16 Å². The lowest BCUT2D eigenvalue weighted by molar-refractivity contribution is -0.120. The highest BCUT2D eigenvalue weighted by Crippen LogP contribution is 2.21. The molecule has 0 unspecified atom stereocenters. The lowest BCUT2D eigenvalue weighted by atomic mass is 10.2. The fourth-order valence-corrected chi connectivity index (χ4v) is 2.82. The molecule has 0 fully saturated rings. The molecule has 2 rings (SSSR count). The van der Waals surface area contributed by atoms with Gasteiger partial charge in [-0.2, -0.15) is 0 Å². The van der Waals surface area contributed by atoms with E-state index in [2.05, 4.69) is 15.3 Å². The van der Waals surface area contributed by atoms with E-state index in [1.165, 1.54) is 17.8 Å². The number of hydrogen-bond acceptors (Lipinski definition) is 5. The van der Waals surface area contributed by atoms with E-state index in [0.29, 0.717) is 23.1 Å². The van der Waals surface area contributed by atoms with Crippen molar-refractivity contribution in [2.75, 3.05) is 13.7 Å². The van der Waals surface area contributed by atoms with E-state index in [1.54, 1.807) is 7.11 Å². The number of carbonyl (C=O) groups excluding carboxylic acids is 1. The van der Waals surface area contributed by atoms with Crippen LogP contribution in [0.3, 0.4) is 0 Å². The predicted octanol–water partition coefficient (Wildman–Crippen LogP) is 1.75. The Hall–Kier alpha value is -2.28. The van der Waals surface area contributed by atoms with Crippen molar-refractivity contribution in [2.45, 2.75) is 24.3 Å². The van der Waals surface area contributed by atoms with Crippen LogP contribution in [-0.2, 0) is 17.0 Å². The zero-order valence-corrected chi connectivity index (χ0v) is 13.9. The van der Waals surface area contributed by atoms with Crippen molar-refractivity contribution in [1.29, 1.82) is 0 Å². The first-order valence-corrected chi connectivity index (χ1v) is 8.22.